The lowest BCUT2D eigenvalue weighted by Crippen LogP contribution is -2.14. The van der Waals surface area contributed by atoms with Crippen molar-refractivity contribution < 1.29 is 19.1 Å². The molecule has 2 aromatic carbocycles. The monoisotopic (exact) mass is 307 g/mol. The van der Waals surface area contributed by atoms with Crippen LogP contribution < -0.4 is 5.32 Å². The minimum Gasteiger partial charge on any atom is -0.478 e. The van der Waals surface area contributed by atoms with Crippen LogP contribution in [0.25, 0.3) is 0 Å². The van der Waals surface area contributed by atoms with E-state index in [0.29, 0.717) is 16.1 Å². The van der Waals surface area contributed by atoms with E-state index in [9.17, 15) is 14.0 Å². The van der Waals surface area contributed by atoms with Gasteiger partial charge in [0.25, 0.3) is 5.91 Å². The number of hydrogen-bond acceptors (Lipinski definition) is 2. The number of halogens is 2. The van der Waals surface area contributed by atoms with Crippen LogP contribution in [0.5, 0.6) is 0 Å². The van der Waals surface area contributed by atoms with Crippen molar-refractivity contribution in [3.05, 3.63) is 63.9 Å². The largest absolute Gasteiger partial charge is 0.478 e. The highest BCUT2D eigenvalue weighted by Gasteiger charge is 2.13. The Morgan fingerprint density at radius 2 is 1.81 bits per heavy atom. The molecule has 2 rings (SSSR count). The van der Waals surface area contributed by atoms with Gasteiger partial charge in [0, 0.05) is 10.6 Å². The molecule has 0 fully saturated rings. The smallest absolute Gasteiger partial charge is 0.335 e. The van der Waals surface area contributed by atoms with Gasteiger partial charge in [-0.3, -0.25) is 4.79 Å². The van der Waals surface area contributed by atoms with Gasteiger partial charge < -0.3 is 10.4 Å². The fourth-order valence-corrected chi connectivity index (χ4v) is 1.85. The molecule has 0 unspecified atom stereocenters. The third-order valence-electron chi connectivity index (χ3n) is 2.88. The molecule has 0 saturated heterocycles. The molecular formula is C15H11ClFNO3. The molecule has 0 aliphatic rings. The van der Waals surface area contributed by atoms with Gasteiger partial charge in [-0.2, -0.15) is 0 Å². The highest BCUT2D eigenvalue weighted by atomic mass is 35.5. The number of carbonyl (C=O) groups is 2. The highest BCUT2D eigenvalue weighted by molar-refractivity contribution is 6.31. The zero-order chi connectivity index (χ0) is 15.6. The molecule has 0 heterocycles. The van der Waals surface area contributed by atoms with Gasteiger partial charge in [-0.25, -0.2) is 9.18 Å². The van der Waals surface area contributed by atoms with Crippen LogP contribution in [0.4, 0.5) is 10.1 Å². The summed E-state index contributed by atoms with van der Waals surface area (Å²) in [6.07, 6.45) is 0. The number of rotatable bonds is 3. The Balaban J connectivity index is 2.28. The average molecular weight is 308 g/mol. The van der Waals surface area contributed by atoms with Crippen molar-refractivity contribution in [3.8, 4) is 0 Å². The van der Waals surface area contributed by atoms with Crippen molar-refractivity contribution in [2.75, 3.05) is 5.32 Å². The second-order valence-corrected chi connectivity index (χ2v) is 4.83. The van der Waals surface area contributed by atoms with E-state index >= 15 is 0 Å². The molecule has 108 valence electrons. The number of carbonyl (C=O) groups excluding carboxylic acids is 1. The van der Waals surface area contributed by atoms with E-state index in [-0.39, 0.29) is 11.3 Å². The van der Waals surface area contributed by atoms with Crippen LogP contribution in [0.2, 0.25) is 5.02 Å². The minimum absolute atomic E-state index is 0.112. The Bertz CT molecular complexity index is 731. The van der Waals surface area contributed by atoms with Crippen molar-refractivity contribution in [2.45, 2.75) is 6.92 Å². The Morgan fingerprint density at radius 3 is 2.43 bits per heavy atom. The summed E-state index contributed by atoms with van der Waals surface area (Å²) in [5.74, 6) is -2.46. The fraction of sp³-hybridized carbons (Fsp3) is 0.0667. The van der Waals surface area contributed by atoms with Crippen LogP contribution in [-0.4, -0.2) is 17.0 Å². The van der Waals surface area contributed by atoms with Crippen LogP contribution in [0.3, 0.4) is 0 Å². The molecule has 0 atom stereocenters. The fourth-order valence-electron chi connectivity index (χ4n) is 1.73. The summed E-state index contributed by atoms with van der Waals surface area (Å²) >= 11 is 5.87. The minimum atomic E-state index is -1.20. The first kappa shape index (κ1) is 15.0. The van der Waals surface area contributed by atoms with Gasteiger partial charge in [0.15, 0.2) is 0 Å². The molecule has 0 bridgehead atoms. The Hall–Kier alpha value is -2.40. The summed E-state index contributed by atoms with van der Waals surface area (Å²) in [5.41, 5.74) is 0.715. The molecule has 4 nitrogen and oxygen atoms in total. The van der Waals surface area contributed by atoms with Gasteiger partial charge in [0.05, 0.1) is 11.3 Å². The Morgan fingerprint density at radius 1 is 1.14 bits per heavy atom. The molecule has 0 aliphatic carbocycles. The van der Waals surface area contributed by atoms with E-state index in [2.05, 4.69) is 5.32 Å². The van der Waals surface area contributed by atoms with Crippen LogP contribution in [0.1, 0.15) is 26.3 Å². The lowest BCUT2D eigenvalue weighted by Gasteiger charge is -2.08. The van der Waals surface area contributed by atoms with Gasteiger partial charge in [-0.15, -0.1) is 0 Å². The van der Waals surface area contributed by atoms with Crippen LogP contribution in [-0.2, 0) is 0 Å². The molecule has 21 heavy (non-hydrogen) atoms. The molecule has 0 aromatic heterocycles. The van der Waals surface area contributed by atoms with Gasteiger partial charge in [-0.05, 0) is 48.9 Å². The summed E-state index contributed by atoms with van der Waals surface area (Å²) in [4.78, 5) is 22.9. The molecule has 0 aliphatic heterocycles. The molecule has 0 saturated carbocycles. The van der Waals surface area contributed by atoms with Crippen LogP contribution >= 0.6 is 11.6 Å². The molecule has 1 amide bonds. The van der Waals surface area contributed by atoms with Crippen molar-refractivity contribution in [3.63, 3.8) is 0 Å². The van der Waals surface area contributed by atoms with Gasteiger partial charge in [0.2, 0.25) is 0 Å². The molecule has 6 heteroatoms. The second-order valence-electron chi connectivity index (χ2n) is 4.42. The number of benzene rings is 2. The van der Waals surface area contributed by atoms with Crippen molar-refractivity contribution in [2.24, 2.45) is 0 Å². The number of anilines is 1. The summed E-state index contributed by atoms with van der Waals surface area (Å²) in [7, 11) is 0. The lowest BCUT2D eigenvalue weighted by molar-refractivity contribution is 0.0696. The quantitative estimate of drug-likeness (QED) is 0.907. The van der Waals surface area contributed by atoms with Crippen molar-refractivity contribution in [1.82, 2.24) is 0 Å². The number of hydrogen-bond donors (Lipinski definition) is 2. The molecule has 2 aromatic rings. The zero-order valence-corrected chi connectivity index (χ0v) is 11.7. The highest BCUT2D eigenvalue weighted by Crippen LogP contribution is 2.20. The van der Waals surface area contributed by atoms with E-state index in [1.165, 1.54) is 6.07 Å². The first-order chi connectivity index (χ1) is 9.88. The maximum atomic E-state index is 13.6. The molecule has 0 spiro atoms. The number of carboxylic acid groups (broad SMARTS) is 1. The number of nitrogens with one attached hydrogen (secondary N) is 1. The zero-order valence-electron chi connectivity index (χ0n) is 11.0. The van der Waals surface area contributed by atoms with Gasteiger partial charge >= 0.3 is 5.97 Å². The standard InChI is InChI=1S/C15H11ClFNO3/c1-8-6-9(2-4-11(8)16)14(19)18-13-7-10(15(20)21)3-5-12(13)17/h2-7H,1H3,(H,18,19)(H,20,21). The van der Waals surface area contributed by atoms with E-state index in [1.807, 2.05) is 0 Å². The maximum Gasteiger partial charge on any atom is 0.335 e. The molecular weight excluding hydrogens is 297 g/mol. The normalized spacial score (nSPS) is 10.2. The average Bonchev–Trinajstić information content (AvgIpc) is 2.43. The summed E-state index contributed by atoms with van der Waals surface area (Å²) in [5, 5.41) is 11.7. The van der Waals surface area contributed by atoms with Crippen molar-refractivity contribution in [1.29, 1.82) is 0 Å². The second kappa shape index (κ2) is 5.93. The van der Waals surface area contributed by atoms with Gasteiger partial charge in [-0.1, -0.05) is 11.6 Å². The lowest BCUT2D eigenvalue weighted by atomic mass is 10.1. The number of aryl methyl sites for hydroxylation is 1. The van der Waals surface area contributed by atoms with E-state index < -0.39 is 17.7 Å². The van der Waals surface area contributed by atoms with E-state index in [0.717, 1.165) is 18.2 Å². The first-order valence-electron chi connectivity index (χ1n) is 5.99. The predicted molar refractivity (Wildman–Crippen MR) is 77.5 cm³/mol. The summed E-state index contributed by atoms with van der Waals surface area (Å²) < 4.78 is 13.6. The van der Waals surface area contributed by atoms with Crippen molar-refractivity contribution >= 4 is 29.2 Å². The summed E-state index contributed by atoms with van der Waals surface area (Å²) in [6.45, 7) is 1.74. The van der Waals surface area contributed by atoms with E-state index in [4.69, 9.17) is 16.7 Å². The third kappa shape index (κ3) is 3.38. The molecule has 0 radical (unpaired) electrons. The van der Waals surface area contributed by atoms with Gasteiger partial charge in [0.1, 0.15) is 5.82 Å². The molecule has 2 N–H and O–H groups in total. The Labute approximate surface area is 125 Å². The predicted octanol–water partition coefficient (Wildman–Crippen LogP) is 3.74. The SMILES string of the molecule is Cc1cc(C(=O)Nc2cc(C(=O)O)ccc2F)ccc1Cl. The summed E-state index contributed by atoms with van der Waals surface area (Å²) in [6, 6.07) is 7.82. The number of aromatic carboxylic acids is 1. The van der Waals surface area contributed by atoms with Crippen LogP contribution in [0.15, 0.2) is 36.4 Å². The Kier molecular flexibility index (Phi) is 4.23. The maximum absolute atomic E-state index is 13.6. The topological polar surface area (TPSA) is 66.4 Å². The van der Waals surface area contributed by atoms with Crippen LogP contribution in [0, 0.1) is 12.7 Å². The number of amides is 1. The third-order valence-corrected chi connectivity index (χ3v) is 3.31. The number of carboxylic acids is 1. The first-order valence-corrected chi connectivity index (χ1v) is 6.36. The van der Waals surface area contributed by atoms with E-state index in [1.54, 1.807) is 19.1 Å².